The van der Waals surface area contributed by atoms with Crippen LogP contribution < -0.4 is 5.43 Å². The normalized spacial score (nSPS) is 16.2. The van der Waals surface area contributed by atoms with Crippen molar-refractivity contribution in [2.45, 2.75) is 57.3 Å². The molecule has 1 amide bonds. The van der Waals surface area contributed by atoms with Crippen LogP contribution in [-0.2, 0) is 15.4 Å². The number of benzene rings is 2. The smallest absolute Gasteiger partial charge is 0.267 e. The maximum atomic E-state index is 12.9. The summed E-state index contributed by atoms with van der Waals surface area (Å²) in [4.78, 5) is 12.7. The number of sulfonamides is 1. The van der Waals surface area contributed by atoms with Gasteiger partial charge in [-0.1, -0.05) is 57.5 Å². The van der Waals surface area contributed by atoms with Crippen molar-refractivity contribution in [2.24, 2.45) is 5.10 Å². The molecule has 1 saturated heterocycles. The Hall–Kier alpha value is -2.51. The zero-order valence-corrected chi connectivity index (χ0v) is 19.5. The minimum absolute atomic E-state index is 0.0668. The second-order valence-corrected chi connectivity index (χ2v) is 10.9. The zero-order chi connectivity index (χ0) is 22.6. The molecule has 1 fully saturated rings. The Balaban J connectivity index is 1.72. The molecule has 166 valence electrons. The van der Waals surface area contributed by atoms with Crippen molar-refractivity contribution < 1.29 is 13.2 Å². The molecule has 0 saturated carbocycles. The molecule has 7 heteroatoms. The lowest BCUT2D eigenvalue weighted by Gasteiger charge is -2.25. The number of hydrogen-bond donors (Lipinski definition) is 1. The molecule has 1 N–H and O–H groups in total. The van der Waals surface area contributed by atoms with E-state index in [-0.39, 0.29) is 15.9 Å². The summed E-state index contributed by atoms with van der Waals surface area (Å²) in [5.74, 6) is -0.443. The molecule has 1 aliphatic rings. The number of nitrogens with zero attached hydrogens (tertiary/aromatic N) is 2. The zero-order valence-electron chi connectivity index (χ0n) is 18.7. The first-order valence-electron chi connectivity index (χ1n) is 10.6. The first kappa shape index (κ1) is 23.2. The minimum atomic E-state index is -3.59. The van der Waals surface area contributed by atoms with E-state index in [0.717, 1.165) is 24.8 Å². The molecule has 1 aliphatic heterocycles. The second-order valence-electron chi connectivity index (χ2n) is 8.96. The number of amides is 1. The van der Waals surface area contributed by atoms with Crippen LogP contribution in [0.25, 0.3) is 0 Å². The van der Waals surface area contributed by atoms with Gasteiger partial charge >= 0.3 is 0 Å². The van der Waals surface area contributed by atoms with E-state index in [4.69, 9.17) is 0 Å². The lowest BCUT2D eigenvalue weighted by Crippen LogP contribution is -2.35. The molecule has 0 bridgehead atoms. The van der Waals surface area contributed by atoms with Crippen molar-refractivity contribution in [3.8, 4) is 0 Å². The first-order valence-corrected chi connectivity index (χ1v) is 12.1. The summed E-state index contributed by atoms with van der Waals surface area (Å²) in [7, 11) is -3.59. The Morgan fingerprint density at radius 2 is 1.61 bits per heavy atom. The molecule has 0 unspecified atom stereocenters. The van der Waals surface area contributed by atoms with E-state index < -0.39 is 15.9 Å². The lowest BCUT2D eigenvalue weighted by molar-refractivity contribution is 0.0954. The van der Waals surface area contributed by atoms with Crippen LogP contribution in [0, 0.1) is 0 Å². The number of carbonyl (C=O) groups is 1. The molecule has 2 aromatic rings. The highest BCUT2D eigenvalue weighted by Gasteiger charge is 2.26. The van der Waals surface area contributed by atoms with Crippen molar-refractivity contribution >= 4 is 21.6 Å². The quantitative estimate of drug-likeness (QED) is 0.555. The van der Waals surface area contributed by atoms with E-state index >= 15 is 0 Å². The van der Waals surface area contributed by atoms with E-state index in [1.54, 1.807) is 12.1 Å². The summed E-state index contributed by atoms with van der Waals surface area (Å²) in [6, 6.07) is 14.2. The van der Waals surface area contributed by atoms with Gasteiger partial charge in [0.15, 0.2) is 0 Å². The fourth-order valence-corrected chi connectivity index (χ4v) is 5.09. The van der Waals surface area contributed by atoms with Crippen molar-refractivity contribution in [2.75, 3.05) is 13.1 Å². The third kappa shape index (κ3) is 5.60. The van der Waals surface area contributed by atoms with Crippen molar-refractivity contribution in [3.63, 3.8) is 0 Å². The van der Waals surface area contributed by atoms with Crippen LogP contribution in [0.1, 0.15) is 68.4 Å². The van der Waals surface area contributed by atoms with Crippen LogP contribution in [0.3, 0.4) is 0 Å². The van der Waals surface area contributed by atoms with Gasteiger partial charge in [0.05, 0.1) is 10.6 Å². The van der Waals surface area contributed by atoms with Crippen LogP contribution in [0.15, 0.2) is 58.5 Å². The molecule has 6 nitrogen and oxygen atoms in total. The number of piperidine rings is 1. The molecule has 3 rings (SSSR count). The van der Waals surface area contributed by atoms with Crippen LogP contribution in [0.5, 0.6) is 0 Å². The second kappa shape index (κ2) is 9.32. The van der Waals surface area contributed by atoms with Crippen LogP contribution >= 0.6 is 0 Å². The fraction of sp³-hybridized carbons (Fsp3) is 0.417. The number of rotatable bonds is 5. The highest BCUT2D eigenvalue weighted by molar-refractivity contribution is 7.89. The molecule has 1 heterocycles. The largest absolute Gasteiger partial charge is 0.271 e. The molecule has 0 aliphatic carbocycles. The molecule has 0 aromatic heterocycles. The summed E-state index contributed by atoms with van der Waals surface area (Å²) in [6.45, 7) is 9.34. The molecule has 0 spiro atoms. The standard InChI is InChI=1S/C24H31N3O3S/c1-18(19-11-13-21(14-12-19)24(2,3)4)25-26-23(28)20-9-8-10-22(17-20)31(29,30)27-15-6-5-7-16-27/h8-14,17H,5-7,15-16H2,1-4H3,(H,26,28). The molecule has 2 aromatic carbocycles. The number of hydrogen-bond acceptors (Lipinski definition) is 4. The Labute approximate surface area is 185 Å². The Kier molecular flexibility index (Phi) is 6.96. The maximum absolute atomic E-state index is 12.9. The summed E-state index contributed by atoms with van der Waals surface area (Å²) < 4.78 is 27.3. The third-order valence-electron chi connectivity index (χ3n) is 5.54. The number of hydrazone groups is 1. The van der Waals surface area contributed by atoms with E-state index in [0.29, 0.717) is 18.8 Å². The minimum Gasteiger partial charge on any atom is -0.267 e. The van der Waals surface area contributed by atoms with Gasteiger partial charge in [-0.05, 0) is 54.5 Å². The van der Waals surface area contributed by atoms with E-state index in [1.165, 1.54) is 22.0 Å². The molecule has 0 atom stereocenters. The van der Waals surface area contributed by atoms with E-state index in [2.05, 4.69) is 43.4 Å². The summed E-state index contributed by atoms with van der Waals surface area (Å²) in [5, 5.41) is 4.20. The SMILES string of the molecule is CC(=NNC(=O)c1cccc(S(=O)(=O)N2CCCCC2)c1)c1ccc(C(C)(C)C)cc1. The summed E-state index contributed by atoms with van der Waals surface area (Å²) in [5.41, 5.74) is 5.68. The Morgan fingerprint density at radius 3 is 2.23 bits per heavy atom. The van der Waals surface area contributed by atoms with Gasteiger partial charge in [0.2, 0.25) is 10.0 Å². The first-order chi connectivity index (χ1) is 14.6. The van der Waals surface area contributed by atoms with E-state index in [1.807, 2.05) is 19.1 Å². The van der Waals surface area contributed by atoms with Gasteiger partial charge in [-0.15, -0.1) is 0 Å². The van der Waals surface area contributed by atoms with Crippen LogP contribution in [0.4, 0.5) is 0 Å². The third-order valence-corrected chi connectivity index (χ3v) is 7.44. The highest BCUT2D eigenvalue weighted by Crippen LogP contribution is 2.23. The fourth-order valence-electron chi connectivity index (χ4n) is 3.53. The Morgan fingerprint density at radius 1 is 0.968 bits per heavy atom. The topological polar surface area (TPSA) is 78.8 Å². The molecular weight excluding hydrogens is 410 g/mol. The van der Waals surface area contributed by atoms with Gasteiger partial charge in [-0.2, -0.15) is 9.41 Å². The number of carbonyl (C=O) groups excluding carboxylic acids is 1. The maximum Gasteiger partial charge on any atom is 0.271 e. The average Bonchev–Trinajstić information content (AvgIpc) is 2.77. The van der Waals surface area contributed by atoms with Gasteiger partial charge in [-0.25, -0.2) is 13.8 Å². The Bertz CT molecular complexity index is 1060. The van der Waals surface area contributed by atoms with Crippen molar-refractivity contribution in [1.29, 1.82) is 0 Å². The summed E-state index contributed by atoms with van der Waals surface area (Å²) in [6.07, 6.45) is 2.78. The van der Waals surface area contributed by atoms with Crippen LogP contribution in [-0.4, -0.2) is 37.4 Å². The van der Waals surface area contributed by atoms with Gasteiger partial charge in [0.25, 0.3) is 5.91 Å². The highest BCUT2D eigenvalue weighted by atomic mass is 32.2. The predicted molar refractivity (Wildman–Crippen MR) is 124 cm³/mol. The van der Waals surface area contributed by atoms with Crippen molar-refractivity contribution in [1.82, 2.24) is 9.73 Å². The summed E-state index contributed by atoms with van der Waals surface area (Å²) >= 11 is 0. The molecular formula is C24H31N3O3S. The average molecular weight is 442 g/mol. The van der Waals surface area contributed by atoms with Gasteiger partial charge in [0.1, 0.15) is 0 Å². The molecule has 0 radical (unpaired) electrons. The van der Waals surface area contributed by atoms with Gasteiger partial charge in [-0.3, -0.25) is 4.79 Å². The predicted octanol–water partition coefficient (Wildman–Crippen LogP) is 4.31. The van der Waals surface area contributed by atoms with Crippen LogP contribution in [0.2, 0.25) is 0 Å². The molecule has 31 heavy (non-hydrogen) atoms. The van der Waals surface area contributed by atoms with Crippen molar-refractivity contribution in [3.05, 3.63) is 65.2 Å². The number of nitrogens with one attached hydrogen (secondary N) is 1. The lowest BCUT2D eigenvalue weighted by atomic mass is 9.86. The monoisotopic (exact) mass is 441 g/mol. The van der Waals surface area contributed by atoms with Gasteiger partial charge < -0.3 is 0 Å². The van der Waals surface area contributed by atoms with E-state index in [9.17, 15) is 13.2 Å². The van der Waals surface area contributed by atoms with Gasteiger partial charge in [0, 0.05) is 18.7 Å².